The van der Waals surface area contributed by atoms with Crippen LogP contribution >= 0.6 is 0 Å². The van der Waals surface area contributed by atoms with E-state index in [4.69, 9.17) is 5.11 Å². The third kappa shape index (κ3) is 13.8. The number of anilines is 1. The number of nitrogens with one attached hydrogen (secondary N) is 3. The zero-order valence-electron chi connectivity index (χ0n) is 24.4. The van der Waals surface area contributed by atoms with Crippen molar-refractivity contribution in [3.63, 3.8) is 0 Å². The van der Waals surface area contributed by atoms with Gasteiger partial charge < -0.3 is 25.4 Å². The summed E-state index contributed by atoms with van der Waals surface area (Å²) in [5.74, 6) is -2.56. The van der Waals surface area contributed by atoms with Crippen LogP contribution in [0.25, 0.3) is 0 Å². The fourth-order valence-electron chi connectivity index (χ4n) is 3.60. The number of aliphatic hydroxyl groups is 2. The van der Waals surface area contributed by atoms with Crippen molar-refractivity contribution in [2.24, 2.45) is 13.0 Å². The fraction of sp³-hybridized carbons (Fsp3) is 0.367. The molecule has 0 bridgehead atoms. The SMILES string of the molecule is CC(C)CCO.Cn1cnc(S(=O)NCC(O)C(CCc2ccccc2)NC(=O)/C=C/C(=O)Nc2ccc(F)cc2F)c1. The smallest absolute Gasteiger partial charge is 0.248 e. The molecule has 0 radical (unpaired) electrons. The van der Waals surface area contributed by atoms with Crippen LogP contribution in [0.1, 0.15) is 32.3 Å². The van der Waals surface area contributed by atoms with Gasteiger partial charge in [-0.3, -0.25) is 9.59 Å². The molecule has 3 rings (SSSR count). The molecule has 0 saturated heterocycles. The molecule has 1 aromatic heterocycles. The van der Waals surface area contributed by atoms with E-state index in [-0.39, 0.29) is 12.2 Å². The molecule has 0 saturated carbocycles. The number of carbonyl (C=O) groups is 2. The van der Waals surface area contributed by atoms with Crippen LogP contribution in [0, 0.1) is 17.6 Å². The van der Waals surface area contributed by atoms with E-state index >= 15 is 0 Å². The summed E-state index contributed by atoms with van der Waals surface area (Å²) in [7, 11) is 0.0771. The zero-order chi connectivity index (χ0) is 31.8. The van der Waals surface area contributed by atoms with Gasteiger partial charge in [-0.2, -0.15) is 0 Å². The van der Waals surface area contributed by atoms with Crippen molar-refractivity contribution in [2.45, 2.75) is 50.3 Å². The molecule has 0 spiro atoms. The number of benzene rings is 2. The summed E-state index contributed by atoms with van der Waals surface area (Å²) in [5.41, 5.74) is 0.759. The van der Waals surface area contributed by atoms with E-state index in [1.807, 2.05) is 30.3 Å². The second kappa shape index (κ2) is 18.7. The van der Waals surface area contributed by atoms with Gasteiger partial charge in [0.05, 0.1) is 24.2 Å². The Labute approximate surface area is 252 Å². The van der Waals surface area contributed by atoms with Crippen molar-refractivity contribution in [3.8, 4) is 0 Å². The van der Waals surface area contributed by atoms with Crippen LogP contribution in [0.2, 0.25) is 0 Å². The first-order valence-electron chi connectivity index (χ1n) is 13.7. The molecule has 234 valence electrons. The van der Waals surface area contributed by atoms with Crippen molar-refractivity contribution in [1.82, 2.24) is 19.6 Å². The Morgan fingerprint density at radius 2 is 1.77 bits per heavy atom. The molecule has 0 aliphatic heterocycles. The average Bonchev–Trinajstić information content (AvgIpc) is 3.41. The molecule has 13 heteroatoms. The van der Waals surface area contributed by atoms with Gasteiger partial charge in [0.15, 0.2) is 5.03 Å². The lowest BCUT2D eigenvalue weighted by Gasteiger charge is -2.24. The van der Waals surface area contributed by atoms with Gasteiger partial charge in [-0.25, -0.2) is 22.7 Å². The van der Waals surface area contributed by atoms with E-state index in [0.29, 0.717) is 36.5 Å². The van der Waals surface area contributed by atoms with Gasteiger partial charge in [0.2, 0.25) is 11.8 Å². The first-order chi connectivity index (χ1) is 20.5. The molecule has 3 aromatic rings. The number of aryl methyl sites for hydroxylation is 2. The highest BCUT2D eigenvalue weighted by Crippen LogP contribution is 2.15. The minimum atomic E-state index is -1.66. The molecule has 2 aromatic carbocycles. The quantitative estimate of drug-likeness (QED) is 0.176. The number of hydrogen-bond donors (Lipinski definition) is 5. The molecule has 10 nitrogen and oxygen atoms in total. The number of aliphatic hydroxyl groups excluding tert-OH is 2. The van der Waals surface area contributed by atoms with Crippen LogP contribution < -0.4 is 15.4 Å². The summed E-state index contributed by atoms with van der Waals surface area (Å²) in [4.78, 5) is 28.6. The van der Waals surface area contributed by atoms with Crippen LogP contribution in [0.3, 0.4) is 0 Å². The summed E-state index contributed by atoms with van der Waals surface area (Å²) in [6, 6.07) is 11.4. The number of hydrogen-bond acceptors (Lipinski definition) is 6. The molecule has 0 fully saturated rings. The predicted molar refractivity (Wildman–Crippen MR) is 161 cm³/mol. The number of halogens is 2. The zero-order valence-corrected chi connectivity index (χ0v) is 25.2. The van der Waals surface area contributed by atoms with Crippen LogP contribution in [0.5, 0.6) is 0 Å². The first-order valence-corrected chi connectivity index (χ1v) is 14.8. The lowest BCUT2D eigenvalue weighted by Crippen LogP contribution is -2.47. The van der Waals surface area contributed by atoms with E-state index < -0.39 is 46.6 Å². The summed E-state index contributed by atoms with van der Waals surface area (Å²) in [6.45, 7) is 4.42. The summed E-state index contributed by atoms with van der Waals surface area (Å²) >= 11 is 0. The molecule has 0 aliphatic carbocycles. The minimum Gasteiger partial charge on any atom is -0.396 e. The number of carbonyl (C=O) groups excluding carboxylic acids is 2. The highest BCUT2D eigenvalue weighted by atomic mass is 32.2. The molecular formula is C30H39F2N5O5S. The Morgan fingerprint density at radius 3 is 2.35 bits per heavy atom. The summed E-state index contributed by atoms with van der Waals surface area (Å²) in [6.07, 6.45) is 5.64. The molecule has 1 heterocycles. The van der Waals surface area contributed by atoms with Crippen LogP contribution in [-0.4, -0.2) is 61.1 Å². The first kappa shape index (κ1) is 35.4. The lowest BCUT2D eigenvalue weighted by molar-refractivity contribution is -0.118. The Morgan fingerprint density at radius 1 is 1.07 bits per heavy atom. The Kier molecular flexibility index (Phi) is 15.4. The van der Waals surface area contributed by atoms with Gasteiger partial charge in [0, 0.05) is 44.6 Å². The van der Waals surface area contributed by atoms with Crippen molar-refractivity contribution in [2.75, 3.05) is 18.5 Å². The maximum atomic E-state index is 13.7. The number of aromatic nitrogens is 2. The topological polar surface area (TPSA) is 146 Å². The minimum absolute atomic E-state index is 0.100. The second-order valence-corrected chi connectivity index (χ2v) is 11.3. The number of rotatable bonds is 14. The fourth-order valence-corrected chi connectivity index (χ4v) is 4.47. The van der Waals surface area contributed by atoms with E-state index in [9.17, 15) is 27.7 Å². The Balaban J connectivity index is 0.000000973. The number of nitrogens with zero attached hydrogens (tertiary/aromatic N) is 2. The standard InChI is InChI=1S/C25H27F2N5O4S.C5H12O/c1-32-15-25(28-16-32)37(36)29-14-22(33)21(9-7-17-5-3-2-4-6-17)31-24(35)12-11-23(34)30-20-10-8-18(26)13-19(20)27;1-5(2)3-4-6/h2-6,8,10-13,15-16,21-22,29,33H,7,9,14H2,1H3,(H,30,34)(H,31,35);5-6H,3-4H2,1-2H3/b12-11+;. The molecule has 2 amide bonds. The van der Waals surface area contributed by atoms with Crippen LogP contribution in [0.4, 0.5) is 14.5 Å². The maximum Gasteiger partial charge on any atom is 0.248 e. The van der Waals surface area contributed by atoms with Gasteiger partial charge in [-0.1, -0.05) is 44.2 Å². The highest BCUT2D eigenvalue weighted by molar-refractivity contribution is 7.83. The van der Waals surface area contributed by atoms with Crippen molar-refractivity contribution in [3.05, 3.63) is 90.4 Å². The second-order valence-electron chi connectivity index (χ2n) is 10.1. The van der Waals surface area contributed by atoms with Crippen molar-refractivity contribution in [1.29, 1.82) is 0 Å². The van der Waals surface area contributed by atoms with E-state index in [0.717, 1.165) is 36.3 Å². The maximum absolute atomic E-state index is 13.7. The van der Waals surface area contributed by atoms with Crippen LogP contribution in [0.15, 0.2) is 78.2 Å². The lowest BCUT2D eigenvalue weighted by atomic mass is 10.0. The average molecular weight is 620 g/mol. The van der Waals surface area contributed by atoms with E-state index in [1.54, 1.807) is 17.8 Å². The number of imidazole rings is 1. The summed E-state index contributed by atoms with van der Waals surface area (Å²) < 4.78 is 43.5. The van der Waals surface area contributed by atoms with Gasteiger partial charge in [0.1, 0.15) is 22.6 Å². The largest absolute Gasteiger partial charge is 0.396 e. The van der Waals surface area contributed by atoms with Crippen LogP contribution in [-0.2, 0) is 34.0 Å². The van der Waals surface area contributed by atoms with Crippen molar-refractivity contribution >= 4 is 28.5 Å². The molecule has 43 heavy (non-hydrogen) atoms. The molecular weight excluding hydrogens is 580 g/mol. The summed E-state index contributed by atoms with van der Waals surface area (Å²) in [5, 5.41) is 24.2. The number of amides is 2. The molecule has 0 aliphatic rings. The predicted octanol–water partition coefficient (Wildman–Crippen LogP) is 3.01. The Hall–Kier alpha value is -3.78. The van der Waals surface area contributed by atoms with Crippen molar-refractivity contribution < 1.29 is 32.8 Å². The molecule has 3 unspecified atom stereocenters. The van der Waals surface area contributed by atoms with Gasteiger partial charge in [0.25, 0.3) is 0 Å². The van der Waals surface area contributed by atoms with Gasteiger partial charge >= 0.3 is 0 Å². The monoisotopic (exact) mass is 619 g/mol. The van der Waals surface area contributed by atoms with E-state index in [2.05, 4.69) is 34.2 Å². The Bertz CT molecular complexity index is 1350. The normalized spacial score (nSPS) is 13.2. The van der Waals surface area contributed by atoms with E-state index in [1.165, 1.54) is 6.33 Å². The highest BCUT2D eigenvalue weighted by Gasteiger charge is 2.22. The van der Waals surface area contributed by atoms with Gasteiger partial charge in [-0.05, 0) is 42.9 Å². The third-order valence-corrected chi connectivity index (χ3v) is 6.97. The third-order valence-electron chi connectivity index (χ3n) is 5.96. The van der Waals surface area contributed by atoms with Gasteiger partial charge in [-0.15, -0.1) is 0 Å². The molecule has 3 atom stereocenters. The molecule has 5 N–H and O–H groups in total.